The van der Waals surface area contributed by atoms with Crippen molar-refractivity contribution >= 4 is 0 Å². The minimum absolute atomic E-state index is 0.664. The van der Waals surface area contributed by atoms with Crippen LogP contribution in [-0.2, 0) is 4.74 Å². The van der Waals surface area contributed by atoms with Gasteiger partial charge in [-0.25, -0.2) is 0 Å². The fourth-order valence-corrected chi connectivity index (χ4v) is 2.70. The van der Waals surface area contributed by atoms with E-state index in [1.807, 2.05) is 0 Å². The van der Waals surface area contributed by atoms with Crippen molar-refractivity contribution in [3.8, 4) is 0 Å². The Balaban J connectivity index is 1.90. The first-order chi connectivity index (χ1) is 5.78. The fourth-order valence-electron chi connectivity index (χ4n) is 2.70. The Kier molecular flexibility index (Phi) is 2.13. The molecule has 0 aromatic rings. The van der Waals surface area contributed by atoms with Crippen molar-refractivity contribution in [2.45, 2.75) is 26.2 Å². The molecule has 2 nitrogen and oxygen atoms in total. The molecule has 12 heavy (non-hydrogen) atoms. The van der Waals surface area contributed by atoms with Crippen LogP contribution in [0, 0.1) is 17.3 Å². The van der Waals surface area contributed by atoms with Gasteiger partial charge in [-0.3, -0.25) is 0 Å². The standard InChI is InChI=1S/C10H19NO/c1-8(7-11)9-6-10(9)2-4-12-5-3-10/h8-9H,2-7,11H2,1H3. The Labute approximate surface area is 74.5 Å². The lowest BCUT2D eigenvalue weighted by Crippen LogP contribution is -2.23. The lowest BCUT2D eigenvalue weighted by atomic mass is 9.89. The molecular weight excluding hydrogens is 150 g/mol. The number of ether oxygens (including phenoxy) is 1. The highest BCUT2D eigenvalue weighted by Crippen LogP contribution is 2.61. The van der Waals surface area contributed by atoms with Gasteiger partial charge < -0.3 is 10.5 Å². The van der Waals surface area contributed by atoms with Crippen LogP contribution in [0.3, 0.4) is 0 Å². The van der Waals surface area contributed by atoms with Gasteiger partial charge in [0.1, 0.15) is 0 Å². The molecule has 1 aliphatic heterocycles. The molecule has 2 rings (SSSR count). The van der Waals surface area contributed by atoms with Gasteiger partial charge in [-0.2, -0.15) is 0 Å². The van der Waals surface area contributed by atoms with Gasteiger partial charge in [0.05, 0.1) is 0 Å². The molecule has 70 valence electrons. The number of hydrogen-bond acceptors (Lipinski definition) is 2. The van der Waals surface area contributed by atoms with E-state index in [1.165, 1.54) is 19.3 Å². The molecule has 2 unspecified atom stereocenters. The van der Waals surface area contributed by atoms with Crippen molar-refractivity contribution in [3.05, 3.63) is 0 Å². The van der Waals surface area contributed by atoms with Crippen LogP contribution >= 0.6 is 0 Å². The lowest BCUT2D eigenvalue weighted by molar-refractivity contribution is 0.0489. The first kappa shape index (κ1) is 8.52. The van der Waals surface area contributed by atoms with E-state index in [2.05, 4.69) is 6.92 Å². The first-order valence-corrected chi connectivity index (χ1v) is 5.06. The normalized spacial score (nSPS) is 35.0. The molecule has 1 spiro atoms. The zero-order valence-corrected chi connectivity index (χ0v) is 7.88. The number of nitrogens with two attached hydrogens (primary N) is 1. The summed E-state index contributed by atoms with van der Waals surface area (Å²) in [4.78, 5) is 0. The predicted molar refractivity (Wildman–Crippen MR) is 48.8 cm³/mol. The largest absolute Gasteiger partial charge is 0.381 e. The summed E-state index contributed by atoms with van der Waals surface area (Å²) in [5.41, 5.74) is 6.34. The molecule has 0 bridgehead atoms. The average Bonchev–Trinajstić information content (AvgIpc) is 2.80. The van der Waals surface area contributed by atoms with Gasteiger partial charge in [-0.05, 0) is 43.1 Å². The van der Waals surface area contributed by atoms with E-state index in [0.717, 1.165) is 31.6 Å². The second-order valence-electron chi connectivity index (χ2n) is 4.50. The van der Waals surface area contributed by atoms with Crippen molar-refractivity contribution in [1.29, 1.82) is 0 Å². The SMILES string of the molecule is CC(CN)C1CC12CCOCC2. The van der Waals surface area contributed by atoms with E-state index in [1.54, 1.807) is 0 Å². The Morgan fingerprint density at radius 2 is 2.17 bits per heavy atom. The van der Waals surface area contributed by atoms with Crippen LogP contribution < -0.4 is 5.73 Å². The monoisotopic (exact) mass is 169 g/mol. The van der Waals surface area contributed by atoms with Crippen LogP contribution in [0.5, 0.6) is 0 Å². The third kappa shape index (κ3) is 1.27. The molecular formula is C10H19NO. The minimum atomic E-state index is 0.664. The van der Waals surface area contributed by atoms with Crippen LogP contribution in [0.4, 0.5) is 0 Å². The summed E-state index contributed by atoms with van der Waals surface area (Å²) in [5.74, 6) is 1.63. The van der Waals surface area contributed by atoms with Crippen LogP contribution in [0.25, 0.3) is 0 Å². The van der Waals surface area contributed by atoms with Crippen LogP contribution in [-0.4, -0.2) is 19.8 Å². The number of hydrogen-bond donors (Lipinski definition) is 1. The van der Waals surface area contributed by atoms with Gasteiger partial charge in [-0.1, -0.05) is 6.92 Å². The van der Waals surface area contributed by atoms with E-state index in [9.17, 15) is 0 Å². The number of rotatable bonds is 2. The maximum atomic E-state index is 5.67. The topological polar surface area (TPSA) is 35.2 Å². The maximum Gasteiger partial charge on any atom is 0.0471 e. The van der Waals surface area contributed by atoms with Gasteiger partial charge in [-0.15, -0.1) is 0 Å². The quantitative estimate of drug-likeness (QED) is 0.678. The smallest absolute Gasteiger partial charge is 0.0471 e. The molecule has 1 aliphatic carbocycles. The highest BCUT2D eigenvalue weighted by Gasteiger charge is 2.55. The van der Waals surface area contributed by atoms with Crippen LogP contribution in [0.2, 0.25) is 0 Å². The molecule has 1 saturated heterocycles. The van der Waals surface area contributed by atoms with Gasteiger partial charge in [0.15, 0.2) is 0 Å². The predicted octanol–water partition coefficient (Wildman–Crippen LogP) is 1.40. The molecule has 0 amide bonds. The molecule has 1 heterocycles. The summed E-state index contributed by atoms with van der Waals surface area (Å²) in [6, 6.07) is 0. The summed E-state index contributed by atoms with van der Waals surface area (Å²) in [7, 11) is 0. The van der Waals surface area contributed by atoms with Crippen molar-refractivity contribution in [1.82, 2.24) is 0 Å². The third-order valence-electron chi connectivity index (χ3n) is 3.80. The zero-order valence-electron chi connectivity index (χ0n) is 7.88. The highest BCUT2D eigenvalue weighted by atomic mass is 16.5. The zero-order chi connectivity index (χ0) is 8.60. The molecule has 2 N–H and O–H groups in total. The molecule has 1 saturated carbocycles. The molecule has 0 aromatic heterocycles. The third-order valence-corrected chi connectivity index (χ3v) is 3.80. The molecule has 0 aromatic carbocycles. The molecule has 2 atom stereocenters. The Bertz CT molecular complexity index is 163. The lowest BCUT2D eigenvalue weighted by Gasteiger charge is -2.24. The Hall–Kier alpha value is -0.0800. The van der Waals surface area contributed by atoms with Crippen molar-refractivity contribution in [3.63, 3.8) is 0 Å². The molecule has 2 fully saturated rings. The van der Waals surface area contributed by atoms with E-state index >= 15 is 0 Å². The second kappa shape index (κ2) is 3.00. The van der Waals surface area contributed by atoms with E-state index in [4.69, 9.17) is 10.5 Å². The fraction of sp³-hybridized carbons (Fsp3) is 1.00. The summed E-state index contributed by atoms with van der Waals surface area (Å²) in [5, 5.41) is 0. The van der Waals surface area contributed by atoms with E-state index in [-0.39, 0.29) is 0 Å². The second-order valence-corrected chi connectivity index (χ2v) is 4.50. The highest BCUT2D eigenvalue weighted by molar-refractivity contribution is 5.04. The Morgan fingerprint density at radius 3 is 2.75 bits per heavy atom. The maximum absolute atomic E-state index is 5.67. The van der Waals surface area contributed by atoms with Crippen molar-refractivity contribution < 1.29 is 4.74 Å². The molecule has 0 radical (unpaired) electrons. The van der Waals surface area contributed by atoms with E-state index < -0.39 is 0 Å². The first-order valence-electron chi connectivity index (χ1n) is 5.06. The van der Waals surface area contributed by atoms with Crippen LogP contribution in [0.1, 0.15) is 26.2 Å². The van der Waals surface area contributed by atoms with Gasteiger partial charge in [0, 0.05) is 13.2 Å². The average molecular weight is 169 g/mol. The van der Waals surface area contributed by atoms with Crippen LogP contribution in [0.15, 0.2) is 0 Å². The molecule has 2 heteroatoms. The van der Waals surface area contributed by atoms with Crippen molar-refractivity contribution in [2.24, 2.45) is 23.0 Å². The summed E-state index contributed by atoms with van der Waals surface area (Å²) < 4.78 is 5.38. The summed E-state index contributed by atoms with van der Waals surface area (Å²) >= 11 is 0. The summed E-state index contributed by atoms with van der Waals surface area (Å²) in [6.45, 7) is 5.10. The van der Waals surface area contributed by atoms with Gasteiger partial charge >= 0.3 is 0 Å². The minimum Gasteiger partial charge on any atom is -0.381 e. The Morgan fingerprint density at radius 1 is 1.50 bits per heavy atom. The van der Waals surface area contributed by atoms with Gasteiger partial charge in [0.25, 0.3) is 0 Å². The molecule has 2 aliphatic rings. The van der Waals surface area contributed by atoms with Gasteiger partial charge in [0.2, 0.25) is 0 Å². The van der Waals surface area contributed by atoms with Crippen molar-refractivity contribution in [2.75, 3.05) is 19.8 Å². The van der Waals surface area contributed by atoms with E-state index in [0.29, 0.717) is 5.41 Å². The summed E-state index contributed by atoms with van der Waals surface area (Å²) in [6.07, 6.45) is 3.97.